The fourth-order valence-corrected chi connectivity index (χ4v) is 3.18. The van der Waals surface area contributed by atoms with Crippen LogP contribution in [0.5, 0.6) is 0 Å². The van der Waals surface area contributed by atoms with Crippen LogP contribution in [0, 0.1) is 0 Å². The van der Waals surface area contributed by atoms with Crippen LogP contribution in [-0.2, 0) is 11.3 Å². The third kappa shape index (κ3) is 4.14. The minimum Gasteiger partial charge on any atom is -0.455 e. The number of nitrogens with two attached hydrogens (primary N) is 1. The number of hydrogen-bond donors (Lipinski definition) is 1. The van der Waals surface area contributed by atoms with E-state index in [1.807, 2.05) is 18.2 Å². The van der Waals surface area contributed by atoms with Crippen molar-refractivity contribution >= 4 is 35.4 Å². The lowest BCUT2D eigenvalue weighted by molar-refractivity contribution is -0.125. The van der Waals surface area contributed by atoms with Gasteiger partial charge in [0.2, 0.25) is 0 Å². The Labute approximate surface area is 172 Å². The van der Waals surface area contributed by atoms with Crippen LogP contribution >= 0.6 is 11.6 Å². The summed E-state index contributed by atoms with van der Waals surface area (Å²) in [4.78, 5) is 25.9. The highest BCUT2D eigenvalue weighted by atomic mass is 35.5. The highest BCUT2D eigenvalue weighted by Gasteiger charge is 2.36. The molecule has 0 unspecified atom stereocenters. The summed E-state index contributed by atoms with van der Waals surface area (Å²) in [6, 6.07) is 17.4. The van der Waals surface area contributed by atoms with Gasteiger partial charge in [0.05, 0.1) is 12.8 Å². The maximum atomic E-state index is 12.5. The molecule has 2 aromatic carbocycles. The molecule has 1 aromatic heterocycles. The molecular formula is C21H17ClN4O3. The van der Waals surface area contributed by atoms with Gasteiger partial charge < -0.3 is 10.2 Å². The van der Waals surface area contributed by atoms with Crippen molar-refractivity contribution in [3.05, 3.63) is 77.0 Å². The van der Waals surface area contributed by atoms with E-state index in [1.165, 1.54) is 6.21 Å². The van der Waals surface area contributed by atoms with Crippen molar-refractivity contribution in [3.8, 4) is 11.3 Å². The number of halogens is 1. The molecule has 1 aliphatic rings. The van der Waals surface area contributed by atoms with Gasteiger partial charge in [-0.15, -0.1) is 0 Å². The van der Waals surface area contributed by atoms with E-state index in [-0.39, 0.29) is 19.0 Å². The minimum absolute atomic E-state index is 0.125. The molecule has 0 spiro atoms. The summed E-state index contributed by atoms with van der Waals surface area (Å²) in [5.74, 6) is 0.754. The molecule has 1 aliphatic heterocycles. The van der Waals surface area contributed by atoms with Gasteiger partial charge >= 0.3 is 6.03 Å². The number of carbonyl (C=O) groups is 2. The quantitative estimate of drug-likeness (QED) is 0.392. The zero-order chi connectivity index (χ0) is 20.4. The first kappa shape index (κ1) is 18.8. The number of rotatable bonds is 5. The number of nitrogens with zero attached hydrogens (tertiary/aromatic N) is 3. The van der Waals surface area contributed by atoms with E-state index in [4.69, 9.17) is 21.8 Å². The molecule has 146 valence electrons. The SMILES string of the molecule is Nc1cccc(CN2C(=O)CN(/N=C/c3ccc(-c4cccc(Cl)c4)o3)C2=O)c1. The molecule has 0 saturated carbocycles. The van der Waals surface area contributed by atoms with Gasteiger partial charge in [0.1, 0.15) is 18.1 Å². The monoisotopic (exact) mass is 408 g/mol. The van der Waals surface area contributed by atoms with Crippen LogP contribution in [0.3, 0.4) is 0 Å². The highest BCUT2D eigenvalue weighted by Crippen LogP contribution is 2.24. The second kappa shape index (κ2) is 7.81. The Morgan fingerprint density at radius 2 is 1.93 bits per heavy atom. The van der Waals surface area contributed by atoms with E-state index < -0.39 is 6.03 Å². The van der Waals surface area contributed by atoms with E-state index in [0.29, 0.717) is 22.2 Å². The largest absolute Gasteiger partial charge is 0.455 e. The van der Waals surface area contributed by atoms with Crippen molar-refractivity contribution in [1.82, 2.24) is 9.91 Å². The molecule has 29 heavy (non-hydrogen) atoms. The zero-order valence-corrected chi connectivity index (χ0v) is 16.0. The van der Waals surface area contributed by atoms with Crippen LogP contribution in [0.2, 0.25) is 5.02 Å². The van der Waals surface area contributed by atoms with Gasteiger partial charge in [0.25, 0.3) is 5.91 Å². The Kier molecular flexibility index (Phi) is 5.05. The van der Waals surface area contributed by atoms with Gasteiger partial charge in [-0.25, -0.2) is 9.80 Å². The lowest BCUT2D eigenvalue weighted by Crippen LogP contribution is -2.30. The number of imide groups is 1. The van der Waals surface area contributed by atoms with Crippen molar-refractivity contribution in [2.24, 2.45) is 5.10 Å². The van der Waals surface area contributed by atoms with Gasteiger partial charge in [-0.1, -0.05) is 35.9 Å². The fourth-order valence-electron chi connectivity index (χ4n) is 2.99. The Bertz CT molecular complexity index is 1110. The van der Waals surface area contributed by atoms with E-state index in [9.17, 15) is 9.59 Å². The lowest BCUT2D eigenvalue weighted by atomic mass is 10.2. The molecule has 8 heteroatoms. The topological polar surface area (TPSA) is 92.1 Å². The van der Waals surface area contributed by atoms with Gasteiger partial charge in [0.15, 0.2) is 0 Å². The molecule has 2 heterocycles. The molecule has 2 N–H and O–H groups in total. The summed E-state index contributed by atoms with van der Waals surface area (Å²) >= 11 is 6.00. The average Bonchev–Trinajstić information content (AvgIpc) is 3.27. The summed E-state index contributed by atoms with van der Waals surface area (Å²) in [5.41, 5.74) is 7.93. The van der Waals surface area contributed by atoms with Crippen molar-refractivity contribution in [2.75, 3.05) is 12.3 Å². The summed E-state index contributed by atoms with van der Waals surface area (Å²) in [5, 5.41) is 5.82. The number of hydrazone groups is 1. The summed E-state index contributed by atoms with van der Waals surface area (Å²) in [7, 11) is 0. The second-order valence-corrected chi connectivity index (χ2v) is 6.96. The first-order valence-corrected chi connectivity index (χ1v) is 9.23. The molecule has 0 aliphatic carbocycles. The molecule has 4 rings (SSSR count). The molecule has 1 saturated heterocycles. The molecule has 0 atom stereocenters. The predicted molar refractivity (Wildman–Crippen MR) is 110 cm³/mol. The molecular weight excluding hydrogens is 392 g/mol. The molecule has 1 fully saturated rings. The Morgan fingerprint density at radius 1 is 1.10 bits per heavy atom. The van der Waals surface area contributed by atoms with Crippen molar-refractivity contribution in [1.29, 1.82) is 0 Å². The highest BCUT2D eigenvalue weighted by molar-refractivity contribution is 6.30. The van der Waals surface area contributed by atoms with Gasteiger partial charge in [-0.05, 0) is 42.0 Å². The molecule has 3 aromatic rings. The van der Waals surface area contributed by atoms with Gasteiger partial charge in [-0.3, -0.25) is 9.69 Å². The van der Waals surface area contributed by atoms with Crippen LogP contribution < -0.4 is 5.73 Å². The average molecular weight is 409 g/mol. The van der Waals surface area contributed by atoms with E-state index in [0.717, 1.165) is 21.0 Å². The normalized spacial score (nSPS) is 14.4. The Balaban J connectivity index is 1.45. The molecule has 0 bridgehead atoms. The number of carbonyl (C=O) groups excluding carboxylic acids is 2. The first-order valence-electron chi connectivity index (χ1n) is 8.85. The van der Waals surface area contributed by atoms with Gasteiger partial charge in [-0.2, -0.15) is 5.10 Å². The van der Waals surface area contributed by atoms with Crippen LogP contribution in [0.15, 0.2) is 70.2 Å². The van der Waals surface area contributed by atoms with E-state index in [2.05, 4.69) is 5.10 Å². The molecule has 3 amide bonds. The third-order valence-corrected chi connectivity index (χ3v) is 4.62. The van der Waals surface area contributed by atoms with E-state index in [1.54, 1.807) is 42.5 Å². The minimum atomic E-state index is -0.490. The standard InChI is InChI=1S/C21H17ClN4O3/c22-16-5-2-4-15(10-16)19-8-7-18(29-19)11-24-26-13-20(27)25(21(26)28)12-14-3-1-6-17(23)9-14/h1-11H,12-13,23H2/b24-11+. The number of amides is 3. The maximum absolute atomic E-state index is 12.5. The van der Waals surface area contributed by atoms with Crippen LogP contribution in [0.4, 0.5) is 10.5 Å². The van der Waals surface area contributed by atoms with E-state index >= 15 is 0 Å². The number of nitrogen functional groups attached to an aromatic ring is 1. The maximum Gasteiger partial charge on any atom is 0.347 e. The third-order valence-electron chi connectivity index (χ3n) is 4.39. The second-order valence-electron chi connectivity index (χ2n) is 6.52. The number of anilines is 1. The summed E-state index contributed by atoms with van der Waals surface area (Å²) in [6.45, 7) is 0.0217. The summed E-state index contributed by atoms with van der Waals surface area (Å²) in [6.07, 6.45) is 1.41. The first-order chi connectivity index (χ1) is 14.0. The predicted octanol–water partition coefficient (Wildman–Crippen LogP) is 3.98. The molecule has 7 nitrogen and oxygen atoms in total. The number of furan rings is 1. The van der Waals surface area contributed by atoms with Crippen molar-refractivity contribution in [2.45, 2.75) is 6.54 Å². The molecule has 0 radical (unpaired) electrons. The van der Waals surface area contributed by atoms with Crippen molar-refractivity contribution in [3.63, 3.8) is 0 Å². The van der Waals surface area contributed by atoms with Crippen molar-refractivity contribution < 1.29 is 14.0 Å². The number of benzene rings is 2. The fraction of sp³-hybridized carbons (Fsp3) is 0.0952. The summed E-state index contributed by atoms with van der Waals surface area (Å²) < 4.78 is 5.72. The van der Waals surface area contributed by atoms with Crippen LogP contribution in [0.1, 0.15) is 11.3 Å². The Hall–Kier alpha value is -3.58. The zero-order valence-electron chi connectivity index (χ0n) is 15.3. The van der Waals surface area contributed by atoms with Crippen LogP contribution in [-0.4, -0.2) is 34.6 Å². The lowest BCUT2D eigenvalue weighted by Gasteiger charge is -2.14. The number of hydrogen-bond acceptors (Lipinski definition) is 5. The van der Waals surface area contributed by atoms with Crippen LogP contribution in [0.25, 0.3) is 11.3 Å². The Morgan fingerprint density at radius 3 is 2.72 bits per heavy atom. The number of urea groups is 1. The van der Waals surface area contributed by atoms with Gasteiger partial charge in [0, 0.05) is 16.3 Å². The smallest absolute Gasteiger partial charge is 0.347 e.